The highest BCUT2D eigenvalue weighted by Gasteiger charge is 2.39. The minimum atomic E-state index is -0.237. The van der Waals surface area contributed by atoms with Gasteiger partial charge < -0.3 is 15.3 Å². The molecule has 3 heteroatoms. The summed E-state index contributed by atoms with van der Waals surface area (Å²) in [6.07, 6.45) is 4.94. The number of phenolic OH excluding ortho intramolecular Hbond substituents is 3. The normalized spacial score (nSPS) is 19.0. The van der Waals surface area contributed by atoms with Crippen LogP contribution in [0.1, 0.15) is 195 Å². The number of allylic oxidation sites excluding steroid dienone is 4. The van der Waals surface area contributed by atoms with Crippen molar-refractivity contribution in [2.45, 2.75) is 197 Å². The molecule has 0 bridgehead atoms. The Morgan fingerprint density at radius 3 is 1.00 bits per heavy atom. The van der Waals surface area contributed by atoms with Gasteiger partial charge in [0.2, 0.25) is 0 Å². The van der Waals surface area contributed by atoms with Gasteiger partial charge in [-0.2, -0.15) is 0 Å². The first-order chi connectivity index (χ1) is 25.5. The maximum atomic E-state index is 11.7. The predicted octanol–water partition coefficient (Wildman–Crippen LogP) is 14.5. The van der Waals surface area contributed by atoms with Crippen LogP contribution in [0.3, 0.4) is 0 Å². The van der Waals surface area contributed by atoms with Crippen molar-refractivity contribution in [2.75, 3.05) is 0 Å². The molecule has 314 valence electrons. The lowest BCUT2D eigenvalue weighted by molar-refractivity contribution is 0.298. The lowest BCUT2D eigenvalue weighted by Crippen LogP contribution is -2.33. The molecule has 2 unspecified atom stereocenters. The van der Waals surface area contributed by atoms with Gasteiger partial charge in [-0.1, -0.05) is 187 Å². The van der Waals surface area contributed by atoms with Gasteiger partial charge in [-0.15, -0.1) is 0 Å². The highest BCUT2D eigenvalue weighted by Crippen LogP contribution is 2.50. The number of rotatable bonds is 6. The third-order valence-electron chi connectivity index (χ3n) is 12.7. The van der Waals surface area contributed by atoms with Gasteiger partial charge in [-0.05, 0) is 131 Å². The van der Waals surface area contributed by atoms with E-state index in [-0.39, 0.29) is 43.8 Å². The van der Waals surface area contributed by atoms with Crippen molar-refractivity contribution >= 4 is 0 Å². The molecule has 3 N–H and O–H groups in total. The first-order valence-corrected chi connectivity index (χ1v) is 21.5. The highest BCUT2D eigenvalue weighted by atomic mass is 16.3. The maximum Gasteiger partial charge on any atom is 0.123 e. The second-order valence-electron chi connectivity index (χ2n) is 24.2. The van der Waals surface area contributed by atoms with Crippen LogP contribution in [-0.2, 0) is 51.8 Å². The summed E-state index contributed by atoms with van der Waals surface area (Å²) >= 11 is 0. The second-order valence-corrected chi connectivity index (χ2v) is 24.2. The third kappa shape index (κ3) is 9.88. The molecule has 57 heavy (non-hydrogen) atoms. The summed E-state index contributed by atoms with van der Waals surface area (Å²) in [5.74, 6) is 1.46. The van der Waals surface area contributed by atoms with Crippen molar-refractivity contribution in [1.29, 1.82) is 0 Å². The van der Waals surface area contributed by atoms with Crippen LogP contribution < -0.4 is 0 Å². The summed E-state index contributed by atoms with van der Waals surface area (Å²) in [5.41, 5.74) is 12.2. The lowest BCUT2D eigenvalue weighted by Gasteiger charge is -2.42. The van der Waals surface area contributed by atoms with Gasteiger partial charge in [-0.3, -0.25) is 0 Å². The molecule has 1 aliphatic rings. The molecular formula is C54H80O3. The molecule has 3 aromatic carbocycles. The van der Waals surface area contributed by atoms with Gasteiger partial charge in [0.1, 0.15) is 17.2 Å². The van der Waals surface area contributed by atoms with Gasteiger partial charge in [0, 0.05) is 0 Å². The van der Waals surface area contributed by atoms with Crippen LogP contribution in [0, 0.1) is 11.3 Å². The largest absolute Gasteiger partial charge is 0.507 e. The van der Waals surface area contributed by atoms with Gasteiger partial charge in [-0.25, -0.2) is 0 Å². The van der Waals surface area contributed by atoms with E-state index in [1.165, 1.54) is 33.4 Å². The molecule has 0 heterocycles. The Morgan fingerprint density at radius 2 is 0.719 bits per heavy atom. The summed E-state index contributed by atoms with van der Waals surface area (Å²) in [5, 5.41) is 34.9. The molecule has 0 saturated carbocycles. The fourth-order valence-electron chi connectivity index (χ4n) is 8.93. The lowest BCUT2D eigenvalue weighted by atomic mass is 9.63. The number of aromatic hydroxyl groups is 3. The second kappa shape index (κ2) is 15.0. The Kier molecular flexibility index (Phi) is 12.1. The minimum absolute atomic E-state index is 0.214. The predicted molar refractivity (Wildman–Crippen MR) is 246 cm³/mol. The van der Waals surface area contributed by atoms with E-state index in [0.717, 1.165) is 52.6 Å². The van der Waals surface area contributed by atoms with Crippen LogP contribution in [0.25, 0.3) is 0 Å². The Hall–Kier alpha value is -3.46. The van der Waals surface area contributed by atoms with Crippen molar-refractivity contribution in [2.24, 2.45) is 11.3 Å². The summed E-state index contributed by atoms with van der Waals surface area (Å²) < 4.78 is 0. The number of hydrogen-bond acceptors (Lipinski definition) is 3. The van der Waals surface area contributed by atoms with Crippen molar-refractivity contribution < 1.29 is 15.3 Å². The molecular weight excluding hydrogens is 697 g/mol. The average molecular weight is 777 g/mol. The fraction of sp³-hybridized carbons (Fsp3) is 0.593. The van der Waals surface area contributed by atoms with Crippen LogP contribution >= 0.6 is 0 Å². The van der Waals surface area contributed by atoms with E-state index in [9.17, 15) is 15.3 Å². The van der Waals surface area contributed by atoms with Crippen LogP contribution in [0.15, 0.2) is 59.2 Å². The van der Waals surface area contributed by atoms with Gasteiger partial charge in [0.05, 0.1) is 0 Å². The monoisotopic (exact) mass is 777 g/mol. The zero-order valence-corrected chi connectivity index (χ0v) is 40.1. The number of phenols is 3. The average Bonchev–Trinajstić information content (AvgIpc) is 3.00. The van der Waals surface area contributed by atoms with Crippen LogP contribution in [0.4, 0.5) is 0 Å². The van der Waals surface area contributed by atoms with Gasteiger partial charge in [0.15, 0.2) is 0 Å². The number of hydrogen-bond donors (Lipinski definition) is 3. The molecule has 0 amide bonds. The van der Waals surface area contributed by atoms with E-state index >= 15 is 0 Å². The standard InChI is InChI=1S/C54H80O3/c1-32-37(22-34-24-39(48(3,4)5)45(55)40(25-34)49(6,7)8)31-54(21,30-36-28-43(52(15,16)17)47(57)44(29-36)53(18,19)20)33(2)38(32)23-35-26-41(50(9,10)11)46(56)42(27-35)51(12,13)14/h24-29,31,33,55-57H,22-23,30H2,1-21H3. The maximum absolute atomic E-state index is 11.7. The third-order valence-corrected chi connectivity index (χ3v) is 12.7. The van der Waals surface area contributed by atoms with Crippen molar-refractivity contribution in [3.63, 3.8) is 0 Å². The molecule has 0 radical (unpaired) electrons. The molecule has 0 saturated heterocycles. The summed E-state index contributed by atoms with van der Waals surface area (Å²) in [4.78, 5) is 0. The Balaban J connectivity index is 2.02. The van der Waals surface area contributed by atoms with Gasteiger partial charge >= 0.3 is 0 Å². The van der Waals surface area contributed by atoms with Crippen molar-refractivity contribution in [3.8, 4) is 17.2 Å². The van der Waals surface area contributed by atoms with Crippen LogP contribution in [-0.4, -0.2) is 15.3 Å². The summed E-state index contributed by atoms with van der Waals surface area (Å²) in [6.45, 7) is 46.5. The molecule has 0 aromatic heterocycles. The molecule has 0 fully saturated rings. The zero-order valence-electron chi connectivity index (χ0n) is 40.1. The smallest absolute Gasteiger partial charge is 0.123 e. The minimum Gasteiger partial charge on any atom is -0.507 e. The highest BCUT2D eigenvalue weighted by molar-refractivity contribution is 5.56. The van der Waals surface area contributed by atoms with Crippen LogP contribution in [0.2, 0.25) is 0 Å². The first-order valence-electron chi connectivity index (χ1n) is 21.5. The fourth-order valence-corrected chi connectivity index (χ4v) is 8.93. The Labute approximate surface area is 349 Å². The van der Waals surface area contributed by atoms with E-state index in [1.807, 2.05) is 0 Å². The van der Waals surface area contributed by atoms with E-state index in [1.54, 1.807) is 0 Å². The zero-order chi connectivity index (χ0) is 43.8. The molecule has 0 spiro atoms. The van der Waals surface area contributed by atoms with Crippen molar-refractivity contribution in [1.82, 2.24) is 0 Å². The van der Waals surface area contributed by atoms with E-state index in [0.29, 0.717) is 17.2 Å². The summed E-state index contributed by atoms with van der Waals surface area (Å²) in [6, 6.07) is 13.5. The molecule has 3 nitrogen and oxygen atoms in total. The topological polar surface area (TPSA) is 60.7 Å². The van der Waals surface area contributed by atoms with E-state index in [4.69, 9.17) is 0 Å². The Morgan fingerprint density at radius 1 is 0.456 bits per heavy atom. The SMILES string of the molecule is CC1=C(Cc2cc(C(C)(C)C)c(O)c(C(C)(C)C)c2)C(C)C(C)(Cc2cc(C(C)(C)C)c(O)c(C(C)(C)C)c2)C=C1Cc1cc(C(C)(C)C)c(O)c(C(C)(C)C)c1. The quantitative estimate of drug-likeness (QED) is 0.234. The molecule has 4 rings (SSSR count). The first kappa shape index (κ1) is 46.2. The Bertz CT molecular complexity index is 1950. The van der Waals surface area contributed by atoms with Crippen LogP contribution in [0.5, 0.6) is 17.2 Å². The molecule has 0 aliphatic heterocycles. The van der Waals surface area contributed by atoms with E-state index in [2.05, 4.69) is 188 Å². The molecule has 2 atom stereocenters. The molecule has 1 aliphatic carbocycles. The molecule has 3 aromatic rings. The summed E-state index contributed by atoms with van der Waals surface area (Å²) in [7, 11) is 0. The van der Waals surface area contributed by atoms with Crippen molar-refractivity contribution in [3.05, 3.63) is 109 Å². The van der Waals surface area contributed by atoms with E-state index < -0.39 is 0 Å². The number of benzene rings is 3. The van der Waals surface area contributed by atoms with Gasteiger partial charge in [0.25, 0.3) is 0 Å².